The molecule has 1 unspecified atom stereocenters. The molecule has 0 bridgehead atoms. The molecule has 26 heavy (non-hydrogen) atoms. The van der Waals surface area contributed by atoms with Gasteiger partial charge in [0.15, 0.2) is 0 Å². The van der Waals surface area contributed by atoms with E-state index in [1.807, 2.05) is 0 Å². The molecule has 0 aromatic rings. The molecule has 0 spiro atoms. The number of aliphatic hydroxyl groups is 1. The van der Waals surface area contributed by atoms with Gasteiger partial charge in [0.1, 0.15) is 0 Å². The Morgan fingerprint density at radius 1 is 0.538 bits per heavy atom. The quantitative estimate of drug-likeness (QED) is 0.195. The molecular weight excluding hydrogens is 318 g/mol. The van der Waals surface area contributed by atoms with Crippen LogP contribution in [0, 0.1) is 0 Å². The Kier molecular flexibility index (Phi) is 22.9. The molecule has 0 radical (unpaired) electrons. The molecule has 0 fully saturated rings. The van der Waals surface area contributed by atoms with E-state index in [1.54, 1.807) is 0 Å². The SMILES string of the molecule is CCCCCCCCCCCCCCCCNCC(O)CCCCCC. The Hall–Kier alpha value is -0.0800. The number of hydrogen-bond acceptors (Lipinski definition) is 2. The molecule has 0 saturated carbocycles. The van der Waals surface area contributed by atoms with Gasteiger partial charge < -0.3 is 10.4 Å². The minimum Gasteiger partial charge on any atom is -0.392 e. The van der Waals surface area contributed by atoms with Gasteiger partial charge in [0.2, 0.25) is 0 Å². The van der Waals surface area contributed by atoms with E-state index < -0.39 is 0 Å². The predicted octanol–water partition coefficient (Wildman–Crippen LogP) is 7.39. The molecule has 0 aliphatic rings. The number of nitrogens with one attached hydrogen (secondary N) is 1. The summed E-state index contributed by atoms with van der Waals surface area (Å²) in [5.41, 5.74) is 0. The molecule has 0 rings (SSSR count). The summed E-state index contributed by atoms with van der Waals surface area (Å²) in [6.07, 6.45) is 25.6. The van der Waals surface area contributed by atoms with Crippen molar-refractivity contribution >= 4 is 0 Å². The van der Waals surface area contributed by atoms with Crippen LogP contribution in [0.25, 0.3) is 0 Å². The molecule has 0 heterocycles. The normalized spacial score (nSPS) is 12.6. The van der Waals surface area contributed by atoms with Crippen LogP contribution in [-0.4, -0.2) is 24.3 Å². The van der Waals surface area contributed by atoms with Crippen LogP contribution in [0.3, 0.4) is 0 Å². The highest BCUT2D eigenvalue weighted by Gasteiger charge is 2.02. The van der Waals surface area contributed by atoms with Gasteiger partial charge in [-0.15, -0.1) is 0 Å². The summed E-state index contributed by atoms with van der Waals surface area (Å²) in [5, 5.41) is 13.3. The van der Waals surface area contributed by atoms with Crippen molar-refractivity contribution in [3.05, 3.63) is 0 Å². The fraction of sp³-hybridized carbons (Fsp3) is 1.00. The maximum Gasteiger partial charge on any atom is 0.0664 e. The van der Waals surface area contributed by atoms with Crippen molar-refractivity contribution < 1.29 is 5.11 Å². The third-order valence-electron chi connectivity index (χ3n) is 5.48. The van der Waals surface area contributed by atoms with E-state index in [1.165, 1.54) is 116 Å². The van der Waals surface area contributed by atoms with Crippen molar-refractivity contribution in [2.45, 2.75) is 142 Å². The first-order chi connectivity index (χ1) is 12.8. The molecule has 158 valence electrons. The fourth-order valence-corrected chi connectivity index (χ4v) is 3.62. The number of hydrogen-bond donors (Lipinski definition) is 2. The second-order valence-corrected chi connectivity index (χ2v) is 8.30. The molecule has 0 saturated heterocycles. The van der Waals surface area contributed by atoms with Crippen LogP contribution >= 0.6 is 0 Å². The largest absolute Gasteiger partial charge is 0.392 e. The zero-order chi connectivity index (χ0) is 19.1. The minimum absolute atomic E-state index is 0.140. The third-order valence-corrected chi connectivity index (χ3v) is 5.48. The molecular formula is C24H51NO. The van der Waals surface area contributed by atoms with Gasteiger partial charge in [-0.25, -0.2) is 0 Å². The molecule has 2 N–H and O–H groups in total. The van der Waals surface area contributed by atoms with Gasteiger partial charge in [-0.3, -0.25) is 0 Å². The van der Waals surface area contributed by atoms with Crippen LogP contribution < -0.4 is 5.32 Å². The molecule has 0 amide bonds. The highest BCUT2D eigenvalue weighted by atomic mass is 16.3. The van der Waals surface area contributed by atoms with E-state index in [4.69, 9.17) is 0 Å². The topological polar surface area (TPSA) is 32.3 Å². The van der Waals surface area contributed by atoms with Crippen molar-refractivity contribution in [2.24, 2.45) is 0 Å². The number of unbranched alkanes of at least 4 members (excludes halogenated alkanes) is 16. The van der Waals surface area contributed by atoms with Gasteiger partial charge in [0.25, 0.3) is 0 Å². The summed E-state index contributed by atoms with van der Waals surface area (Å²) >= 11 is 0. The van der Waals surface area contributed by atoms with E-state index in [2.05, 4.69) is 19.2 Å². The monoisotopic (exact) mass is 369 g/mol. The van der Waals surface area contributed by atoms with Crippen molar-refractivity contribution in [1.29, 1.82) is 0 Å². The molecule has 0 aliphatic carbocycles. The summed E-state index contributed by atoms with van der Waals surface area (Å²) < 4.78 is 0. The second kappa shape index (κ2) is 23.0. The lowest BCUT2D eigenvalue weighted by atomic mass is 10.0. The van der Waals surface area contributed by atoms with Gasteiger partial charge in [-0.05, 0) is 19.4 Å². The molecule has 0 aromatic heterocycles. The Morgan fingerprint density at radius 3 is 1.38 bits per heavy atom. The maximum atomic E-state index is 9.90. The van der Waals surface area contributed by atoms with E-state index >= 15 is 0 Å². The Labute approximate surface area is 165 Å². The summed E-state index contributed by atoms with van der Waals surface area (Å²) in [6.45, 7) is 6.38. The summed E-state index contributed by atoms with van der Waals surface area (Å²) in [4.78, 5) is 0. The van der Waals surface area contributed by atoms with Crippen LogP contribution in [0.4, 0.5) is 0 Å². The van der Waals surface area contributed by atoms with Gasteiger partial charge >= 0.3 is 0 Å². The average Bonchev–Trinajstić information content (AvgIpc) is 2.65. The first-order valence-corrected chi connectivity index (χ1v) is 12.2. The third kappa shape index (κ3) is 22.0. The molecule has 1 atom stereocenters. The van der Waals surface area contributed by atoms with Gasteiger partial charge in [-0.2, -0.15) is 0 Å². The van der Waals surface area contributed by atoms with Crippen LogP contribution in [-0.2, 0) is 0 Å². The van der Waals surface area contributed by atoms with E-state index in [-0.39, 0.29) is 6.10 Å². The van der Waals surface area contributed by atoms with E-state index in [0.717, 1.165) is 19.5 Å². The van der Waals surface area contributed by atoms with Crippen LogP contribution in [0.5, 0.6) is 0 Å². The standard InChI is InChI=1S/C24H51NO/c1-3-5-7-9-10-11-12-13-14-15-16-17-18-20-22-25-23-24(26)21-19-8-6-4-2/h24-26H,3-23H2,1-2H3. The minimum atomic E-state index is -0.140. The first kappa shape index (κ1) is 25.9. The Balaban J connectivity index is 3.06. The molecule has 0 aromatic carbocycles. The number of aliphatic hydroxyl groups excluding tert-OH is 1. The predicted molar refractivity (Wildman–Crippen MR) is 118 cm³/mol. The maximum absolute atomic E-state index is 9.90. The van der Waals surface area contributed by atoms with Crippen LogP contribution in [0.1, 0.15) is 136 Å². The van der Waals surface area contributed by atoms with Gasteiger partial charge in [0.05, 0.1) is 6.10 Å². The average molecular weight is 370 g/mol. The highest BCUT2D eigenvalue weighted by molar-refractivity contribution is 4.60. The smallest absolute Gasteiger partial charge is 0.0664 e. The lowest BCUT2D eigenvalue weighted by Gasteiger charge is -2.11. The Morgan fingerprint density at radius 2 is 0.923 bits per heavy atom. The van der Waals surface area contributed by atoms with E-state index in [9.17, 15) is 5.11 Å². The first-order valence-electron chi connectivity index (χ1n) is 12.2. The van der Waals surface area contributed by atoms with Crippen LogP contribution in [0.15, 0.2) is 0 Å². The van der Waals surface area contributed by atoms with E-state index in [0.29, 0.717) is 0 Å². The van der Waals surface area contributed by atoms with Gasteiger partial charge in [-0.1, -0.05) is 123 Å². The summed E-state index contributed by atoms with van der Waals surface area (Å²) in [7, 11) is 0. The lowest BCUT2D eigenvalue weighted by Crippen LogP contribution is -2.27. The molecule has 2 heteroatoms. The Bertz CT molecular complexity index is 244. The summed E-state index contributed by atoms with van der Waals surface area (Å²) in [5.74, 6) is 0. The summed E-state index contributed by atoms with van der Waals surface area (Å²) in [6, 6.07) is 0. The zero-order valence-corrected chi connectivity index (χ0v) is 18.4. The molecule has 0 aliphatic heterocycles. The zero-order valence-electron chi connectivity index (χ0n) is 18.4. The highest BCUT2D eigenvalue weighted by Crippen LogP contribution is 2.12. The number of rotatable bonds is 22. The van der Waals surface area contributed by atoms with Crippen molar-refractivity contribution in [3.8, 4) is 0 Å². The molecule has 2 nitrogen and oxygen atoms in total. The second-order valence-electron chi connectivity index (χ2n) is 8.30. The van der Waals surface area contributed by atoms with Gasteiger partial charge in [0, 0.05) is 6.54 Å². The van der Waals surface area contributed by atoms with Crippen molar-refractivity contribution in [2.75, 3.05) is 13.1 Å². The van der Waals surface area contributed by atoms with Crippen LogP contribution in [0.2, 0.25) is 0 Å². The van der Waals surface area contributed by atoms with Crippen molar-refractivity contribution in [3.63, 3.8) is 0 Å². The fourth-order valence-electron chi connectivity index (χ4n) is 3.62. The lowest BCUT2D eigenvalue weighted by molar-refractivity contribution is 0.158. The van der Waals surface area contributed by atoms with Crippen molar-refractivity contribution in [1.82, 2.24) is 5.32 Å².